The van der Waals surface area contributed by atoms with Crippen molar-refractivity contribution in [3.8, 4) is 5.75 Å². The molecule has 2 rings (SSSR count). The lowest BCUT2D eigenvalue weighted by Crippen LogP contribution is -2.29. The van der Waals surface area contributed by atoms with Crippen LogP contribution in [0, 0.1) is 13.8 Å². The molecule has 0 fully saturated rings. The third-order valence-corrected chi connectivity index (χ3v) is 3.78. The Morgan fingerprint density at radius 1 is 1.12 bits per heavy atom. The molecule has 6 heteroatoms. The summed E-state index contributed by atoms with van der Waals surface area (Å²) in [5.74, 6) is -0.341. The molecule has 0 aromatic heterocycles. The Morgan fingerprint density at radius 2 is 1.88 bits per heavy atom. The summed E-state index contributed by atoms with van der Waals surface area (Å²) in [6.07, 6.45) is 0.252. The fourth-order valence-electron chi connectivity index (χ4n) is 2.44. The number of ether oxygens (including phenoxy) is 1. The van der Waals surface area contributed by atoms with Gasteiger partial charge in [-0.15, -0.1) is 0 Å². The fourth-order valence-corrected chi connectivity index (χ4v) is 2.44. The molecule has 0 atom stereocenters. The number of amides is 1. The van der Waals surface area contributed by atoms with Gasteiger partial charge in [-0.2, -0.15) is 0 Å². The number of rotatable bonds is 6. The largest absolute Gasteiger partial charge is 0.423 e. The first-order valence-electron chi connectivity index (χ1n) is 8.15. The molecule has 0 spiro atoms. The number of hydrogen-bond donors (Lipinski definition) is 1. The molecule has 136 valence electrons. The highest BCUT2D eigenvalue weighted by Crippen LogP contribution is 2.18. The molecule has 0 saturated carbocycles. The van der Waals surface area contributed by atoms with Gasteiger partial charge in [0, 0.05) is 13.5 Å². The van der Waals surface area contributed by atoms with E-state index in [1.54, 1.807) is 24.3 Å². The molecule has 0 aliphatic heterocycles. The molecule has 1 N–H and O–H groups in total. The van der Waals surface area contributed by atoms with Crippen molar-refractivity contribution in [1.82, 2.24) is 5.32 Å². The van der Waals surface area contributed by atoms with E-state index in [1.807, 2.05) is 32.0 Å². The molecule has 0 saturated heterocycles. The van der Waals surface area contributed by atoms with Crippen molar-refractivity contribution < 1.29 is 19.2 Å². The van der Waals surface area contributed by atoms with Crippen LogP contribution in [0.3, 0.4) is 0 Å². The molecule has 0 unspecified atom stereocenters. The third-order valence-electron chi connectivity index (χ3n) is 3.78. The average molecular weight is 354 g/mol. The van der Waals surface area contributed by atoms with Crippen molar-refractivity contribution in [2.45, 2.75) is 20.3 Å². The lowest BCUT2D eigenvalue weighted by atomic mass is 10.1. The summed E-state index contributed by atoms with van der Waals surface area (Å²) in [4.78, 5) is 29.0. The molecule has 0 heterocycles. The first-order valence-corrected chi connectivity index (χ1v) is 8.15. The molecule has 0 radical (unpaired) electrons. The molecule has 1 amide bonds. The summed E-state index contributed by atoms with van der Waals surface area (Å²) >= 11 is 0. The Hall–Kier alpha value is -3.15. The number of carbonyl (C=O) groups excluding carboxylic acids is 2. The summed E-state index contributed by atoms with van der Waals surface area (Å²) in [5, 5.41) is 6.26. The minimum Gasteiger partial charge on any atom is -0.423 e. The zero-order valence-corrected chi connectivity index (χ0v) is 15.3. The number of benzene rings is 2. The average Bonchev–Trinajstić information content (AvgIpc) is 2.63. The molecule has 2 aromatic carbocycles. The van der Waals surface area contributed by atoms with Gasteiger partial charge in [-0.05, 0) is 43.2 Å². The highest BCUT2D eigenvalue weighted by atomic mass is 16.6. The van der Waals surface area contributed by atoms with Gasteiger partial charge in [0.25, 0.3) is 5.91 Å². The second kappa shape index (κ2) is 8.80. The Bertz CT molecular complexity index is 843. The van der Waals surface area contributed by atoms with Gasteiger partial charge in [0.05, 0.1) is 5.56 Å². The van der Waals surface area contributed by atoms with Crippen LogP contribution in [0.5, 0.6) is 5.75 Å². The van der Waals surface area contributed by atoms with E-state index in [9.17, 15) is 9.59 Å². The summed E-state index contributed by atoms with van der Waals surface area (Å²) in [7, 11) is 2.90. The van der Waals surface area contributed by atoms with Gasteiger partial charge in [-0.1, -0.05) is 35.0 Å². The topological polar surface area (TPSA) is 77.0 Å². The van der Waals surface area contributed by atoms with Crippen LogP contribution in [0.4, 0.5) is 0 Å². The Morgan fingerprint density at radius 3 is 2.58 bits per heavy atom. The summed E-state index contributed by atoms with van der Waals surface area (Å²) in [6, 6.07) is 12.6. The predicted molar refractivity (Wildman–Crippen MR) is 99.5 cm³/mol. The number of aryl methyl sites for hydroxylation is 2. The quantitative estimate of drug-likeness (QED) is 0.374. The maximum absolute atomic E-state index is 12.4. The van der Waals surface area contributed by atoms with Gasteiger partial charge in [0.1, 0.15) is 18.6 Å². The Labute approximate surface area is 152 Å². The van der Waals surface area contributed by atoms with E-state index in [1.165, 1.54) is 14.2 Å². The van der Waals surface area contributed by atoms with E-state index in [2.05, 4.69) is 10.5 Å². The van der Waals surface area contributed by atoms with E-state index < -0.39 is 5.97 Å². The van der Waals surface area contributed by atoms with Gasteiger partial charge in [0.15, 0.2) is 0 Å². The summed E-state index contributed by atoms with van der Waals surface area (Å²) in [5.41, 5.74) is 3.37. The number of nitrogens with one attached hydrogen (secondary N) is 1. The minimum atomic E-state index is -0.416. The molecule has 0 aliphatic rings. The van der Waals surface area contributed by atoms with Crippen LogP contribution in [0.2, 0.25) is 0 Å². The zero-order chi connectivity index (χ0) is 19.1. The standard InChI is InChI=1S/C20H22N2O4/c1-13-8-9-14(2)17(10-13)20(24)26-16-7-5-6-15(11-16)12-18(22-25-4)19(23)21-3/h5-11H,12H2,1-4H3,(H,21,23). The van der Waals surface area contributed by atoms with E-state index >= 15 is 0 Å². The van der Waals surface area contributed by atoms with Crippen LogP contribution >= 0.6 is 0 Å². The summed E-state index contributed by atoms with van der Waals surface area (Å²) in [6.45, 7) is 3.79. The lowest BCUT2D eigenvalue weighted by Gasteiger charge is -2.09. The fraction of sp³-hybridized carbons (Fsp3) is 0.250. The van der Waals surface area contributed by atoms with Crippen molar-refractivity contribution in [2.75, 3.05) is 14.2 Å². The number of hydrogen-bond acceptors (Lipinski definition) is 5. The molecule has 26 heavy (non-hydrogen) atoms. The van der Waals surface area contributed by atoms with Crippen LogP contribution in [-0.4, -0.2) is 31.7 Å². The van der Waals surface area contributed by atoms with E-state index in [-0.39, 0.29) is 18.0 Å². The highest BCUT2D eigenvalue weighted by molar-refractivity contribution is 6.39. The molecule has 0 bridgehead atoms. The van der Waals surface area contributed by atoms with Crippen LogP contribution in [0.15, 0.2) is 47.6 Å². The smallest absolute Gasteiger partial charge is 0.343 e. The second-order valence-corrected chi connectivity index (χ2v) is 5.83. The van der Waals surface area contributed by atoms with Gasteiger partial charge >= 0.3 is 5.97 Å². The normalized spacial score (nSPS) is 11.0. The zero-order valence-electron chi connectivity index (χ0n) is 15.3. The van der Waals surface area contributed by atoms with Crippen molar-refractivity contribution in [3.63, 3.8) is 0 Å². The van der Waals surface area contributed by atoms with Crippen molar-refractivity contribution in [3.05, 3.63) is 64.7 Å². The predicted octanol–water partition coefficient (Wildman–Crippen LogP) is 2.81. The minimum absolute atomic E-state index is 0.230. The first kappa shape index (κ1) is 19.2. The molecular weight excluding hydrogens is 332 g/mol. The molecule has 0 aliphatic carbocycles. The maximum atomic E-state index is 12.4. The number of esters is 1. The maximum Gasteiger partial charge on any atom is 0.343 e. The van der Waals surface area contributed by atoms with E-state index in [0.29, 0.717) is 11.3 Å². The lowest BCUT2D eigenvalue weighted by molar-refractivity contribution is -0.114. The Balaban J connectivity index is 2.18. The summed E-state index contributed by atoms with van der Waals surface area (Å²) < 4.78 is 5.49. The monoisotopic (exact) mass is 354 g/mol. The second-order valence-electron chi connectivity index (χ2n) is 5.83. The first-order chi connectivity index (χ1) is 12.4. The highest BCUT2D eigenvalue weighted by Gasteiger charge is 2.14. The third kappa shape index (κ3) is 4.92. The molecule has 6 nitrogen and oxygen atoms in total. The van der Waals surface area contributed by atoms with E-state index in [0.717, 1.165) is 16.7 Å². The van der Waals surface area contributed by atoms with Crippen molar-refractivity contribution >= 4 is 17.6 Å². The number of nitrogens with zero attached hydrogens (tertiary/aromatic N) is 1. The van der Waals surface area contributed by atoms with Crippen LogP contribution in [0.25, 0.3) is 0 Å². The van der Waals surface area contributed by atoms with Gasteiger partial charge in [-0.25, -0.2) is 4.79 Å². The Kier molecular flexibility index (Phi) is 6.49. The van der Waals surface area contributed by atoms with Crippen LogP contribution < -0.4 is 10.1 Å². The number of oxime groups is 1. The van der Waals surface area contributed by atoms with Gasteiger partial charge < -0.3 is 14.9 Å². The van der Waals surface area contributed by atoms with Crippen molar-refractivity contribution in [1.29, 1.82) is 0 Å². The molecular formula is C20H22N2O4. The SMILES string of the molecule is CNC(=O)C(Cc1cccc(OC(=O)c2cc(C)ccc2C)c1)=NOC. The van der Waals surface area contributed by atoms with E-state index in [4.69, 9.17) is 9.57 Å². The van der Waals surface area contributed by atoms with Gasteiger partial charge in [-0.3, -0.25) is 4.79 Å². The molecule has 2 aromatic rings. The van der Waals surface area contributed by atoms with Crippen molar-refractivity contribution in [2.24, 2.45) is 5.16 Å². The van der Waals surface area contributed by atoms with Crippen LogP contribution in [0.1, 0.15) is 27.0 Å². The van der Waals surface area contributed by atoms with Crippen LogP contribution in [-0.2, 0) is 16.1 Å². The van der Waals surface area contributed by atoms with Gasteiger partial charge in [0.2, 0.25) is 0 Å². The number of carbonyl (C=O) groups is 2.